The smallest absolute Gasteiger partial charge is 0.328 e. The fraction of sp³-hybridized carbons (Fsp3) is 0.359. The summed E-state index contributed by atoms with van der Waals surface area (Å²) >= 11 is 7.18. The average molecular weight is 711 g/mol. The molecule has 0 spiro atoms. The first-order valence-electron chi connectivity index (χ1n) is 17.5. The molecule has 4 aromatic carbocycles. The number of rotatable bonds is 12. The van der Waals surface area contributed by atoms with Gasteiger partial charge in [-0.3, -0.25) is 4.90 Å². The number of carbonyl (C=O) groups excluding carboxylic acids is 1. The summed E-state index contributed by atoms with van der Waals surface area (Å²) in [5, 5.41) is 12.9. The topological polar surface area (TPSA) is 93.5 Å². The summed E-state index contributed by atoms with van der Waals surface area (Å²) in [5.41, 5.74) is 1.53. The van der Waals surface area contributed by atoms with Gasteiger partial charge in [0.05, 0.1) is 18.7 Å². The molecule has 1 atom stereocenters. The number of halogens is 2. The molecule has 6 aromatic rings. The lowest BCUT2D eigenvalue weighted by Gasteiger charge is -2.32. The van der Waals surface area contributed by atoms with Crippen LogP contribution in [-0.4, -0.2) is 96.5 Å². The molecule has 2 aromatic heterocycles. The first-order chi connectivity index (χ1) is 24.9. The second-order valence-electron chi connectivity index (χ2n) is 13.6. The number of nitrogens with zero attached hydrogens (tertiary/aromatic N) is 5. The Morgan fingerprint density at radius 1 is 0.980 bits per heavy atom. The minimum atomic E-state index is -0.783. The van der Waals surface area contributed by atoms with E-state index in [1.54, 1.807) is 10.6 Å². The number of methoxy groups -OCH3 is 1. The van der Waals surface area contributed by atoms with Crippen molar-refractivity contribution in [2.75, 3.05) is 65.4 Å². The van der Waals surface area contributed by atoms with E-state index in [0.717, 1.165) is 65.6 Å². The predicted molar refractivity (Wildman–Crippen MR) is 198 cm³/mol. The number of para-hydroxylation sites is 1. The zero-order valence-electron chi connectivity index (χ0n) is 28.7. The monoisotopic (exact) mass is 710 g/mol. The van der Waals surface area contributed by atoms with Gasteiger partial charge in [-0.15, -0.1) is 0 Å². The van der Waals surface area contributed by atoms with Crippen LogP contribution in [0.1, 0.15) is 18.4 Å². The molecule has 3 heterocycles. The number of hydrogen-bond donors (Lipinski definition) is 1. The fourth-order valence-electron chi connectivity index (χ4n) is 7.07. The Balaban J connectivity index is 1.20. The third-order valence-electron chi connectivity index (χ3n) is 10.1. The summed E-state index contributed by atoms with van der Waals surface area (Å²) in [6, 6.07) is 15.5. The molecule has 51 heavy (non-hydrogen) atoms. The SMILES string of the molecule is COC(=O)[C@@H](Cc1ccccc1OCC1CC1)Nc1ncnn2cc3c4ccc(F)cc4c4c(Cl)c(OCCN5CCN(C)CC5)ccc4c3c12. The van der Waals surface area contributed by atoms with E-state index < -0.39 is 12.0 Å². The molecular weight excluding hydrogens is 671 g/mol. The van der Waals surface area contributed by atoms with Crippen molar-refractivity contribution in [1.82, 2.24) is 24.4 Å². The lowest BCUT2D eigenvalue weighted by Crippen LogP contribution is -2.45. The van der Waals surface area contributed by atoms with Crippen LogP contribution in [0.4, 0.5) is 10.2 Å². The van der Waals surface area contributed by atoms with E-state index in [4.69, 9.17) is 25.8 Å². The quantitative estimate of drug-likeness (QED) is 0.112. The minimum Gasteiger partial charge on any atom is -0.493 e. The molecule has 0 amide bonds. The molecule has 8 rings (SSSR count). The molecule has 10 nitrogen and oxygen atoms in total. The Morgan fingerprint density at radius 2 is 1.78 bits per heavy atom. The standard InChI is InChI=1S/C39H40ClFN6O4/c1-45-13-15-46(16-14-45)17-18-50-33-12-11-28-34(36(33)40)29-20-26(41)9-10-27(29)30-21-47-37(35(28)30)38(42-23-43-47)44-31(39(48)49-2)19-25-5-3-4-6-32(25)51-22-24-7-8-24/h3-6,9-12,20-21,23-24,31H,7-8,13-19,22H2,1-2H3,(H,42,43,44)/t31-/m1/s1. The molecule has 0 bridgehead atoms. The second-order valence-corrected chi connectivity index (χ2v) is 14.0. The number of carbonyl (C=O) groups is 1. The molecule has 2 fully saturated rings. The van der Waals surface area contributed by atoms with Crippen molar-refractivity contribution in [2.45, 2.75) is 25.3 Å². The highest BCUT2D eigenvalue weighted by Crippen LogP contribution is 2.45. The first-order valence-corrected chi connectivity index (χ1v) is 17.8. The van der Waals surface area contributed by atoms with E-state index in [9.17, 15) is 9.18 Å². The van der Waals surface area contributed by atoms with E-state index in [0.29, 0.717) is 58.4 Å². The van der Waals surface area contributed by atoms with Gasteiger partial charge in [-0.2, -0.15) is 5.10 Å². The molecule has 1 saturated carbocycles. The summed E-state index contributed by atoms with van der Waals surface area (Å²) < 4.78 is 34.3. The van der Waals surface area contributed by atoms with Gasteiger partial charge in [0, 0.05) is 61.5 Å². The van der Waals surface area contributed by atoms with Crippen molar-refractivity contribution in [2.24, 2.45) is 5.92 Å². The number of piperazine rings is 1. The van der Waals surface area contributed by atoms with E-state index in [-0.39, 0.29) is 5.82 Å². The molecule has 1 N–H and O–H groups in total. The highest BCUT2D eigenvalue weighted by Gasteiger charge is 2.27. The molecule has 2 aliphatic rings. The molecule has 1 aliphatic carbocycles. The van der Waals surface area contributed by atoms with E-state index in [2.05, 4.69) is 32.2 Å². The van der Waals surface area contributed by atoms with Crippen molar-refractivity contribution in [3.8, 4) is 11.5 Å². The Hall–Kier alpha value is -4.71. The van der Waals surface area contributed by atoms with E-state index in [1.807, 2.05) is 42.6 Å². The molecule has 12 heteroatoms. The number of likely N-dealkylation sites (N-methyl/N-ethyl adjacent to an activating group) is 1. The van der Waals surface area contributed by atoms with E-state index in [1.165, 1.54) is 38.4 Å². The average Bonchev–Trinajstić information content (AvgIpc) is 3.89. The van der Waals surface area contributed by atoms with Crippen LogP contribution >= 0.6 is 11.6 Å². The third kappa shape index (κ3) is 6.73. The highest BCUT2D eigenvalue weighted by atomic mass is 35.5. The van der Waals surface area contributed by atoms with Crippen LogP contribution in [0.3, 0.4) is 0 Å². The number of nitrogens with one attached hydrogen (secondary N) is 1. The maximum absolute atomic E-state index is 14.9. The van der Waals surface area contributed by atoms with Gasteiger partial charge in [0.1, 0.15) is 41.8 Å². The van der Waals surface area contributed by atoms with Gasteiger partial charge < -0.3 is 24.4 Å². The number of benzene rings is 4. The normalized spacial score (nSPS) is 16.2. The maximum atomic E-state index is 14.9. The van der Waals surface area contributed by atoms with Crippen molar-refractivity contribution >= 4 is 61.2 Å². The van der Waals surface area contributed by atoms with Crippen LogP contribution in [0.2, 0.25) is 5.02 Å². The zero-order chi connectivity index (χ0) is 35.1. The van der Waals surface area contributed by atoms with Gasteiger partial charge in [0.2, 0.25) is 0 Å². The summed E-state index contributed by atoms with van der Waals surface area (Å²) in [6.07, 6.45) is 6.02. The van der Waals surface area contributed by atoms with Gasteiger partial charge in [-0.25, -0.2) is 18.7 Å². The first kappa shape index (κ1) is 33.4. The lowest BCUT2D eigenvalue weighted by molar-refractivity contribution is -0.141. The number of esters is 1. The Labute approximate surface area is 300 Å². The Bertz CT molecular complexity index is 2250. The number of hydrogen-bond acceptors (Lipinski definition) is 9. The summed E-state index contributed by atoms with van der Waals surface area (Å²) in [4.78, 5) is 22.6. The van der Waals surface area contributed by atoms with Gasteiger partial charge in [0.25, 0.3) is 0 Å². The largest absolute Gasteiger partial charge is 0.493 e. The fourth-order valence-corrected chi connectivity index (χ4v) is 7.40. The molecule has 0 radical (unpaired) electrons. The zero-order valence-corrected chi connectivity index (χ0v) is 29.5. The Morgan fingerprint density at radius 3 is 2.59 bits per heavy atom. The van der Waals surface area contributed by atoms with Crippen LogP contribution < -0.4 is 14.8 Å². The van der Waals surface area contributed by atoms with Gasteiger partial charge >= 0.3 is 5.97 Å². The number of ether oxygens (including phenoxy) is 3. The van der Waals surface area contributed by atoms with Crippen molar-refractivity contribution in [3.63, 3.8) is 0 Å². The van der Waals surface area contributed by atoms with E-state index >= 15 is 0 Å². The molecule has 264 valence electrons. The van der Waals surface area contributed by atoms with Gasteiger partial charge in [0.15, 0.2) is 5.82 Å². The summed E-state index contributed by atoms with van der Waals surface area (Å²) in [7, 11) is 3.51. The lowest BCUT2D eigenvalue weighted by atomic mass is 9.95. The number of anilines is 1. The third-order valence-corrected chi connectivity index (χ3v) is 10.5. The summed E-state index contributed by atoms with van der Waals surface area (Å²) in [6.45, 7) is 5.95. The minimum absolute atomic E-state index is 0.311. The van der Waals surface area contributed by atoms with Gasteiger partial charge in [-0.1, -0.05) is 35.9 Å². The molecular formula is C39H40ClFN6O4. The molecule has 0 unspecified atom stereocenters. The summed E-state index contributed by atoms with van der Waals surface area (Å²) in [5.74, 6) is 1.51. The van der Waals surface area contributed by atoms with Crippen LogP contribution in [0, 0.1) is 11.7 Å². The molecule has 1 saturated heterocycles. The molecule has 1 aliphatic heterocycles. The van der Waals surface area contributed by atoms with Crippen LogP contribution in [0.25, 0.3) is 37.8 Å². The predicted octanol–water partition coefficient (Wildman–Crippen LogP) is 6.59. The van der Waals surface area contributed by atoms with Crippen LogP contribution in [0.15, 0.2) is 67.1 Å². The van der Waals surface area contributed by atoms with Crippen LogP contribution in [-0.2, 0) is 16.0 Å². The highest BCUT2D eigenvalue weighted by molar-refractivity contribution is 6.43. The van der Waals surface area contributed by atoms with Crippen LogP contribution in [0.5, 0.6) is 11.5 Å². The van der Waals surface area contributed by atoms with Gasteiger partial charge in [-0.05, 0) is 77.9 Å². The second kappa shape index (κ2) is 14.1. The van der Waals surface area contributed by atoms with Crippen molar-refractivity contribution in [3.05, 3.63) is 83.5 Å². The number of aromatic nitrogens is 3. The number of fused-ring (bicyclic) bond motifs is 8. The maximum Gasteiger partial charge on any atom is 0.328 e. The van der Waals surface area contributed by atoms with Crippen molar-refractivity contribution < 1.29 is 23.4 Å². The Kier molecular flexibility index (Phi) is 9.26. The van der Waals surface area contributed by atoms with Crippen molar-refractivity contribution in [1.29, 1.82) is 0 Å².